The van der Waals surface area contributed by atoms with Gasteiger partial charge in [-0.2, -0.15) is 4.31 Å². The molecule has 0 radical (unpaired) electrons. The smallest absolute Gasteiger partial charge is 0.246 e. The van der Waals surface area contributed by atoms with Crippen LogP contribution in [0.2, 0.25) is 0 Å². The molecule has 0 saturated carbocycles. The first kappa shape index (κ1) is 15.2. The Morgan fingerprint density at radius 2 is 2.10 bits per heavy atom. The lowest BCUT2D eigenvalue weighted by Gasteiger charge is -2.35. The van der Waals surface area contributed by atoms with Crippen molar-refractivity contribution in [3.8, 4) is 0 Å². The van der Waals surface area contributed by atoms with Crippen LogP contribution >= 0.6 is 0 Å². The van der Waals surface area contributed by atoms with Gasteiger partial charge in [0.15, 0.2) is 0 Å². The molecular formula is C13H21N3O3S. The van der Waals surface area contributed by atoms with Gasteiger partial charge in [-0.3, -0.25) is 0 Å². The van der Waals surface area contributed by atoms with Crippen LogP contribution in [0.5, 0.6) is 0 Å². The van der Waals surface area contributed by atoms with Gasteiger partial charge in [0.2, 0.25) is 10.0 Å². The second-order valence-electron chi connectivity index (χ2n) is 5.28. The monoisotopic (exact) mass is 299 g/mol. The van der Waals surface area contributed by atoms with Crippen molar-refractivity contribution in [1.82, 2.24) is 9.29 Å². The van der Waals surface area contributed by atoms with Crippen molar-refractivity contribution >= 4 is 15.8 Å². The molecule has 0 atom stereocenters. The lowest BCUT2D eigenvalue weighted by Crippen LogP contribution is -2.45. The van der Waals surface area contributed by atoms with Gasteiger partial charge in [0.25, 0.3) is 0 Å². The molecule has 1 aliphatic heterocycles. The van der Waals surface area contributed by atoms with Gasteiger partial charge in [-0.25, -0.2) is 13.4 Å². The van der Waals surface area contributed by atoms with Crippen LogP contribution in [0.25, 0.3) is 0 Å². The van der Waals surface area contributed by atoms with Crippen LogP contribution in [0.4, 0.5) is 5.82 Å². The summed E-state index contributed by atoms with van der Waals surface area (Å²) in [5.41, 5.74) is -0.772. The van der Waals surface area contributed by atoms with Gasteiger partial charge in [0.05, 0.1) is 5.60 Å². The van der Waals surface area contributed by atoms with Gasteiger partial charge >= 0.3 is 0 Å². The lowest BCUT2D eigenvalue weighted by molar-refractivity contribution is 0.0126. The number of sulfonamides is 1. The van der Waals surface area contributed by atoms with Gasteiger partial charge in [-0.1, -0.05) is 0 Å². The summed E-state index contributed by atoms with van der Waals surface area (Å²) >= 11 is 0. The Morgan fingerprint density at radius 1 is 1.45 bits per heavy atom. The summed E-state index contributed by atoms with van der Waals surface area (Å²) in [6, 6.07) is 3.18. The number of hydrogen-bond acceptors (Lipinski definition) is 5. The number of nitrogens with one attached hydrogen (secondary N) is 1. The minimum absolute atomic E-state index is 0.198. The van der Waals surface area contributed by atoms with E-state index in [0.717, 1.165) is 0 Å². The van der Waals surface area contributed by atoms with E-state index in [9.17, 15) is 13.5 Å². The number of anilines is 1. The van der Waals surface area contributed by atoms with E-state index in [1.807, 2.05) is 6.92 Å². The lowest BCUT2D eigenvalue weighted by atomic mass is 9.95. The second kappa shape index (κ2) is 5.67. The first-order valence-electron chi connectivity index (χ1n) is 6.78. The number of hydrogen-bond donors (Lipinski definition) is 2. The van der Waals surface area contributed by atoms with Crippen LogP contribution in [0.1, 0.15) is 26.7 Å². The predicted molar refractivity (Wildman–Crippen MR) is 77.0 cm³/mol. The average Bonchev–Trinajstić information content (AvgIpc) is 2.39. The van der Waals surface area contributed by atoms with E-state index in [4.69, 9.17) is 0 Å². The van der Waals surface area contributed by atoms with E-state index in [1.165, 1.54) is 4.31 Å². The molecule has 0 unspecified atom stereocenters. The maximum absolute atomic E-state index is 12.7. The molecule has 112 valence electrons. The van der Waals surface area contributed by atoms with Crippen LogP contribution in [-0.2, 0) is 10.0 Å². The van der Waals surface area contributed by atoms with Gasteiger partial charge in [0.1, 0.15) is 10.7 Å². The summed E-state index contributed by atoms with van der Waals surface area (Å²) in [4.78, 5) is 4.29. The number of aliphatic hydroxyl groups is 1. The fraction of sp³-hybridized carbons (Fsp3) is 0.615. The molecule has 20 heavy (non-hydrogen) atoms. The molecule has 6 nitrogen and oxygen atoms in total. The third kappa shape index (κ3) is 3.11. The Kier molecular flexibility index (Phi) is 4.31. The molecule has 0 amide bonds. The molecule has 0 aromatic carbocycles. The topological polar surface area (TPSA) is 82.5 Å². The summed E-state index contributed by atoms with van der Waals surface area (Å²) < 4.78 is 26.7. The Morgan fingerprint density at radius 3 is 2.70 bits per heavy atom. The van der Waals surface area contributed by atoms with Gasteiger partial charge in [-0.05, 0) is 38.8 Å². The van der Waals surface area contributed by atoms with Crippen molar-refractivity contribution in [3.63, 3.8) is 0 Å². The molecule has 2 N–H and O–H groups in total. The molecule has 0 aliphatic carbocycles. The van der Waals surface area contributed by atoms with E-state index in [2.05, 4.69) is 10.3 Å². The highest BCUT2D eigenvalue weighted by molar-refractivity contribution is 7.89. The van der Waals surface area contributed by atoms with Crippen LogP contribution in [0.15, 0.2) is 23.2 Å². The second-order valence-corrected chi connectivity index (χ2v) is 7.19. The molecule has 2 rings (SSSR count). The van der Waals surface area contributed by atoms with E-state index < -0.39 is 15.6 Å². The molecule has 7 heteroatoms. The Labute approximate surface area is 119 Å². The van der Waals surface area contributed by atoms with Crippen molar-refractivity contribution < 1.29 is 13.5 Å². The highest BCUT2D eigenvalue weighted by atomic mass is 32.2. The summed E-state index contributed by atoms with van der Waals surface area (Å²) in [5.74, 6) is 0.382. The van der Waals surface area contributed by atoms with Gasteiger partial charge in [-0.15, -0.1) is 0 Å². The van der Waals surface area contributed by atoms with E-state index in [-0.39, 0.29) is 4.90 Å². The Hall–Kier alpha value is -1.18. The number of pyridine rings is 1. The average molecular weight is 299 g/mol. The standard InChI is InChI=1S/C13H21N3O3S/c1-3-14-12-11(5-4-8-15-12)20(18,19)16-9-6-13(2,17)7-10-16/h4-5,8,17H,3,6-7,9-10H2,1-2H3,(H,14,15). The van der Waals surface area contributed by atoms with Crippen molar-refractivity contribution in [2.45, 2.75) is 37.2 Å². The fourth-order valence-electron chi connectivity index (χ4n) is 2.25. The largest absolute Gasteiger partial charge is 0.390 e. The fourth-order valence-corrected chi connectivity index (χ4v) is 3.81. The molecule has 0 bridgehead atoms. The van der Waals surface area contributed by atoms with E-state index in [0.29, 0.717) is 38.3 Å². The predicted octanol–water partition coefficient (Wildman–Crippen LogP) is 1.05. The molecule has 1 fully saturated rings. The molecule has 1 aromatic rings. The third-order valence-corrected chi connectivity index (χ3v) is 5.46. The molecule has 0 spiro atoms. The maximum atomic E-state index is 12.7. The Balaban J connectivity index is 2.27. The van der Waals surface area contributed by atoms with E-state index in [1.54, 1.807) is 25.3 Å². The summed E-state index contributed by atoms with van der Waals surface area (Å²) in [5, 5.41) is 12.9. The van der Waals surface area contributed by atoms with Crippen LogP contribution in [0, 0.1) is 0 Å². The number of nitrogens with zero attached hydrogens (tertiary/aromatic N) is 2. The summed E-state index contributed by atoms with van der Waals surface area (Å²) in [6.07, 6.45) is 2.46. The van der Waals surface area contributed by atoms with Crippen LogP contribution in [0.3, 0.4) is 0 Å². The summed E-state index contributed by atoms with van der Waals surface area (Å²) in [7, 11) is -3.57. The Bertz CT molecular complexity index is 562. The minimum atomic E-state index is -3.57. The number of rotatable bonds is 4. The summed E-state index contributed by atoms with van der Waals surface area (Å²) in [6.45, 7) is 4.90. The molecule has 2 heterocycles. The zero-order valence-corrected chi connectivity index (χ0v) is 12.7. The number of aromatic nitrogens is 1. The van der Waals surface area contributed by atoms with Crippen molar-refractivity contribution in [2.24, 2.45) is 0 Å². The minimum Gasteiger partial charge on any atom is -0.390 e. The van der Waals surface area contributed by atoms with Gasteiger partial charge in [0, 0.05) is 25.8 Å². The quantitative estimate of drug-likeness (QED) is 0.868. The SMILES string of the molecule is CCNc1ncccc1S(=O)(=O)N1CCC(C)(O)CC1. The van der Waals surface area contributed by atoms with E-state index >= 15 is 0 Å². The number of piperidine rings is 1. The highest BCUT2D eigenvalue weighted by Crippen LogP contribution is 2.28. The van der Waals surface area contributed by atoms with Crippen LogP contribution in [-0.4, -0.2) is 48.0 Å². The maximum Gasteiger partial charge on any atom is 0.246 e. The molecule has 1 saturated heterocycles. The normalized spacial score (nSPS) is 19.8. The first-order valence-corrected chi connectivity index (χ1v) is 8.22. The van der Waals surface area contributed by atoms with Crippen molar-refractivity contribution in [3.05, 3.63) is 18.3 Å². The first-order chi connectivity index (χ1) is 9.37. The zero-order valence-electron chi connectivity index (χ0n) is 11.8. The zero-order chi connectivity index (χ0) is 14.8. The van der Waals surface area contributed by atoms with Crippen molar-refractivity contribution in [2.75, 3.05) is 25.0 Å². The molecular weight excluding hydrogens is 278 g/mol. The van der Waals surface area contributed by atoms with Crippen LogP contribution < -0.4 is 5.32 Å². The third-order valence-electron chi connectivity index (χ3n) is 3.53. The van der Waals surface area contributed by atoms with Crippen molar-refractivity contribution in [1.29, 1.82) is 0 Å². The molecule has 1 aliphatic rings. The molecule has 1 aromatic heterocycles. The van der Waals surface area contributed by atoms with Gasteiger partial charge < -0.3 is 10.4 Å². The highest BCUT2D eigenvalue weighted by Gasteiger charge is 2.35.